The highest BCUT2D eigenvalue weighted by molar-refractivity contribution is 7.09. The highest BCUT2D eigenvalue weighted by Gasteiger charge is 2.21. The lowest BCUT2D eigenvalue weighted by Crippen LogP contribution is -2.49. The van der Waals surface area contributed by atoms with Gasteiger partial charge in [-0.3, -0.25) is 9.69 Å². The fourth-order valence-corrected chi connectivity index (χ4v) is 3.41. The average molecular weight is 345 g/mol. The molecule has 1 aliphatic heterocycles. The van der Waals surface area contributed by atoms with Crippen LogP contribution in [0.1, 0.15) is 16.3 Å². The second-order valence-corrected chi connectivity index (χ2v) is 7.18. The van der Waals surface area contributed by atoms with Gasteiger partial charge in [-0.1, -0.05) is 12.1 Å². The molecule has 1 amide bonds. The van der Waals surface area contributed by atoms with Gasteiger partial charge in [0.2, 0.25) is 0 Å². The Morgan fingerprint density at radius 2 is 2.04 bits per heavy atom. The molecule has 128 valence electrons. The van der Waals surface area contributed by atoms with E-state index in [1.807, 2.05) is 43.0 Å². The van der Waals surface area contributed by atoms with Crippen molar-refractivity contribution in [3.8, 4) is 5.75 Å². The Hall–Kier alpha value is -1.92. The van der Waals surface area contributed by atoms with E-state index in [9.17, 15) is 4.79 Å². The molecule has 1 aromatic carbocycles. The predicted molar refractivity (Wildman–Crippen MR) is 95.4 cm³/mol. The Balaban J connectivity index is 1.43. The summed E-state index contributed by atoms with van der Waals surface area (Å²) in [6.07, 6.45) is 0. The maximum absolute atomic E-state index is 12.3. The SMILES string of the molecule is Cc1cccc(OCC(=O)N2CCN(Cc3csc(C)n3)CC2)c1. The molecular weight excluding hydrogens is 322 g/mol. The van der Waals surface area contributed by atoms with Gasteiger partial charge in [-0.15, -0.1) is 11.3 Å². The van der Waals surface area contributed by atoms with E-state index in [-0.39, 0.29) is 12.5 Å². The minimum absolute atomic E-state index is 0.0562. The lowest BCUT2D eigenvalue weighted by atomic mass is 10.2. The number of amides is 1. The smallest absolute Gasteiger partial charge is 0.260 e. The summed E-state index contributed by atoms with van der Waals surface area (Å²) in [7, 11) is 0. The van der Waals surface area contributed by atoms with Gasteiger partial charge in [0.1, 0.15) is 5.75 Å². The number of aryl methyl sites for hydroxylation is 2. The second-order valence-electron chi connectivity index (χ2n) is 6.12. The van der Waals surface area contributed by atoms with Gasteiger partial charge in [-0.25, -0.2) is 4.98 Å². The van der Waals surface area contributed by atoms with Crippen molar-refractivity contribution in [1.29, 1.82) is 0 Å². The summed E-state index contributed by atoms with van der Waals surface area (Å²) in [5, 5.41) is 3.22. The quantitative estimate of drug-likeness (QED) is 0.835. The van der Waals surface area contributed by atoms with Gasteiger partial charge in [0.05, 0.1) is 10.7 Å². The van der Waals surface area contributed by atoms with Crippen LogP contribution in [0.4, 0.5) is 0 Å². The van der Waals surface area contributed by atoms with E-state index in [1.54, 1.807) is 11.3 Å². The van der Waals surface area contributed by atoms with Crippen molar-refractivity contribution >= 4 is 17.2 Å². The first-order valence-electron chi connectivity index (χ1n) is 8.21. The minimum atomic E-state index is 0.0562. The van der Waals surface area contributed by atoms with Crippen LogP contribution >= 0.6 is 11.3 Å². The number of rotatable bonds is 5. The summed E-state index contributed by atoms with van der Waals surface area (Å²) in [6.45, 7) is 8.27. The first-order valence-corrected chi connectivity index (χ1v) is 9.09. The van der Waals surface area contributed by atoms with Crippen LogP contribution in [0.2, 0.25) is 0 Å². The predicted octanol–water partition coefficient (Wildman–Crippen LogP) is 2.48. The lowest BCUT2D eigenvalue weighted by molar-refractivity contribution is -0.135. The fourth-order valence-electron chi connectivity index (χ4n) is 2.81. The van der Waals surface area contributed by atoms with Crippen molar-refractivity contribution in [2.75, 3.05) is 32.8 Å². The van der Waals surface area contributed by atoms with Gasteiger partial charge in [-0.2, -0.15) is 0 Å². The van der Waals surface area contributed by atoms with Crippen LogP contribution in [0.3, 0.4) is 0 Å². The second kappa shape index (κ2) is 7.77. The van der Waals surface area contributed by atoms with Gasteiger partial charge < -0.3 is 9.64 Å². The maximum Gasteiger partial charge on any atom is 0.260 e. The molecule has 5 nitrogen and oxygen atoms in total. The number of ether oxygens (including phenoxy) is 1. The normalized spacial score (nSPS) is 15.5. The number of nitrogens with zero attached hydrogens (tertiary/aromatic N) is 3. The molecule has 1 aliphatic rings. The zero-order chi connectivity index (χ0) is 16.9. The Morgan fingerprint density at radius 3 is 2.71 bits per heavy atom. The van der Waals surface area contributed by atoms with E-state index in [2.05, 4.69) is 15.3 Å². The molecule has 3 rings (SSSR count). The third kappa shape index (κ3) is 4.55. The third-order valence-electron chi connectivity index (χ3n) is 4.13. The first-order chi connectivity index (χ1) is 11.6. The van der Waals surface area contributed by atoms with Crippen LogP contribution in [0, 0.1) is 13.8 Å². The van der Waals surface area contributed by atoms with Crippen LogP contribution in [-0.4, -0.2) is 53.5 Å². The molecular formula is C18H23N3O2S. The Bertz CT molecular complexity index is 693. The highest BCUT2D eigenvalue weighted by atomic mass is 32.1. The molecule has 0 bridgehead atoms. The average Bonchev–Trinajstić information content (AvgIpc) is 2.98. The van der Waals surface area contributed by atoms with E-state index in [1.165, 1.54) is 0 Å². The number of carbonyl (C=O) groups is 1. The number of aromatic nitrogens is 1. The molecule has 0 N–H and O–H groups in total. The Kier molecular flexibility index (Phi) is 5.48. The molecule has 0 aliphatic carbocycles. The van der Waals surface area contributed by atoms with Crippen LogP contribution in [0.5, 0.6) is 5.75 Å². The Morgan fingerprint density at radius 1 is 1.25 bits per heavy atom. The van der Waals surface area contributed by atoms with E-state index in [0.29, 0.717) is 0 Å². The molecule has 0 saturated carbocycles. The van der Waals surface area contributed by atoms with Crippen molar-refractivity contribution in [3.63, 3.8) is 0 Å². The molecule has 24 heavy (non-hydrogen) atoms. The molecule has 1 aromatic heterocycles. The van der Waals surface area contributed by atoms with Crippen LogP contribution in [0.15, 0.2) is 29.6 Å². The minimum Gasteiger partial charge on any atom is -0.484 e. The molecule has 1 fully saturated rings. The van der Waals surface area contributed by atoms with Crippen LogP contribution < -0.4 is 4.74 Å². The van der Waals surface area contributed by atoms with E-state index in [0.717, 1.165) is 54.7 Å². The summed E-state index contributed by atoms with van der Waals surface area (Å²) in [5.41, 5.74) is 2.26. The largest absolute Gasteiger partial charge is 0.484 e. The highest BCUT2D eigenvalue weighted by Crippen LogP contribution is 2.14. The standard InChI is InChI=1S/C18H23N3O2S/c1-14-4-3-5-17(10-14)23-12-18(22)21-8-6-20(7-9-21)11-16-13-24-15(2)19-16/h3-5,10,13H,6-9,11-12H2,1-2H3. The molecule has 6 heteroatoms. The monoisotopic (exact) mass is 345 g/mol. The number of hydrogen-bond acceptors (Lipinski definition) is 5. The summed E-state index contributed by atoms with van der Waals surface area (Å²) in [6, 6.07) is 7.78. The third-order valence-corrected chi connectivity index (χ3v) is 4.95. The molecule has 0 spiro atoms. The topological polar surface area (TPSA) is 45.7 Å². The molecule has 1 saturated heterocycles. The van der Waals surface area contributed by atoms with Crippen molar-refractivity contribution in [2.24, 2.45) is 0 Å². The number of piperazine rings is 1. The van der Waals surface area contributed by atoms with E-state index in [4.69, 9.17) is 4.74 Å². The number of benzene rings is 1. The zero-order valence-corrected chi connectivity index (χ0v) is 15.0. The van der Waals surface area contributed by atoms with Gasteiger partial charge >= 0.3 is 0 Å². The van der Waals surface area contributed by atoms with E-state index >= 15 is 0 Å². The number of carbonyl (C=O) groups excluding carboxylic acids is 1. The van der Waals surface area contributed by atoms with Crippen molar-refractivity contribution < 1.29 is 9.53 Å². The number of hydrogen-bond donors (Lipinski definition) is 0. The number of thiazole rings is 1. The Labute approximate surface area is 146 Å². The summed E-state index contributed by atoms with van der Waals surface area (Å²) < 4.78 is 5.61. The molecule has 0 unspecified atom stereocenters. The van der Waals surface area contributed by atoms with Crippen molar-refractivity contribution in [2.45, 2.75) is 20.4 Å². The van der Waals surface area contributed by atoms with Gasteiger partial charge in [0, 0.05) is 38.1 Å². The van der Waals surface area contributed by atoms with E-state index < -0.39 is 0 Å². The van der Waals surface area contributed by atoms with Crippen molar-refractivity contribution in [1.82, 2.24) is 14.8 Å². The molecule has 0 atom stereocenters. The zero-order valence-electron chi connectivity index (χ0n) is 14.2. The summed E-state index contributed by atoms with van der Waals surface area (Å²) in [4.78, 5) is 21.0. The van der Waals surface area contributed by atoms with Gasteiger partial charge in [0.25, 0.3) is 5.91 Å². The fraction of sp³-hybridized carbons (Fsp3) is 0.444. The lowest BCUT2D eigenvalue weighted by Gasteiger charge is -2.34. The van der Waals surface area contributed by atoms with Gasteiger partial charge in [0.15, 0.2) is 6.61 Å². The van der Waals surface area contributed by atoms with Crippen molar-refractivity contribution in [3.05, 3.63) is 45.9 Å². The maximum atomic E-state index is 12.3. The van der Waals surface area contributed by atoms with Gasteiger partial charge in [-0.05, 0) is 31.5 Å². The molecule has 0 radical (unpaired) electrons. The molecule has 2 heterocycles. The van der Waals surface area contributed by atoms with Crippen LogP contribution in [-0.2, 0) is 11.3 Å². The van der Waals surface area contributed by atoms with Crippen LogP contribution in [0.25, 0.3) is 0 Å². The summed E-state index contributed by atoms with van der Waals surface area (Å²) >= 11 is 1.69. The summed E-state index contributed by atoms with van der Waals surface area (Å²) in [5.74, 6) is 0.807. The first kappa shape index (κ1) is 16.9. The molecule has 2 aromatic rings.